The van der Waals surface area contributed by atoms with Gasteiger partial charge in [-0.05, 0) is 50.2 Å². The molecule has 3 rings (SSSR count). The third-order valence-corrected chi connectivity index (χ3v) is 4.00. The van der Waals surface area contributed by atoms with Crippen molar-refractivity contribution in [2.45, 2.75) is 20.8 Å². The maximum Gasteiger partial charge on any atom is 0.259 e. The summed E-state index contributed by atoms with van der Waals surface area (Å²) in [5.41, 5.74) is 4.68. The van der Waals surface area contributed by atoms with Gasteiger partial charge in [0.15, 0.2) is 0 Å². The van der Waals surface area contributed by atoms with Crippen molar-refractivity contribution < 1.29 is 9.59 Å². The zero-order valence-corrected chi connectivity index (χ0v) is 14.9. The molecule has 0 saturated heterocycles. The Labute approximate surface area is 151 Å². The van der Waals surface area contributed by atoms with Crippen LogP contribution in [0.3, 0.4) is 0 Å². The van der Waals surface area contributed by atoms with Crippen molar-refractivity contribution >= 4 is 23.2 Å². The fraction of sp³-hybridized carbons (Fsp3) is 0.150. The monoisotopic (exact) mass is 348 g/mol. The molecule has 2 amide bonds. The quantitative estimate of drug-likeness (QED) is 0.755. The average Bonchev–Trinajstić information content (AvgIpc) is 2.98. The molecule has 0 fully saturated rings. The number of aromatic nitrogens is 2. The van der Waals surface area contributed by atoms with E-state index in [1.807, 2.05) is 38.1 Å². The first-order valence-electron chi connectivity index (χ1n) is 8.25. The first-order chi connectivity index (χ1) is 12.4. The molecule has 0 aliphatic carbocycles. The zero-order chi connectivity index (χ0) is 18.7. The molecule has 26 heavy (non-hydrogen) atoms. The standard InChI is InChI=1S/C20H20N4O2/c1-13-4-10-18(11-5-13)24-14(2)19(12-21-24)20(26)23-17-8-6-16(7-9-17)22-15(3)25/h4-12H,1-3H3,(H,22,25)(H,23,26). The van der Waals surface area contributed by atoms with Crippen LogP contribution in [-0.2, 0) is 4.79 Å². The number of hydrogen-bond acceptors (Lipinski definition) is 3. The number of rotatable bonds is 4. The van der Waals surface area contributed by atoms with E-state index in [1.165, 1.54) is 12.5 Å². The number of carbonyl (C=O) groups excluding carboxylic acids is 2. The Hall–Kier alpha value is -3.41. The maximum absolute atomic E-state index is 12.6. The molecule has 0 bridgehead atoms. The molecule has 3 aromatic rings. The number of nitrogens with zero attached hydrogens (tertiary/aromatic N) is 2. The van der Waals surface area contributed by atoms with E-state index in [9.17, 15) is 9.59 Å². The minimum atomic E-state index is -0.229. The van der Waals surface area contributed by atoms with Gasteiger partial charge in [-0.1, -0.05) is 17.7 Å². The molecule has 0 aliphatic rings. The van der Waals surface area contributed by atoms with Gasteiger partial charge in [0.05, 0.1) is 23.1 Å². The molecular weight excluding hydrogens is 328 g/mol. The molecule has 0 saturated carbocycles. The molecule has 0 radical (unpaired) electrons. The second kappa shape index (κ2) is 7.23. The highest BCUT2D eigenvalue weighted by atomic mass is 16.2. The van der Waals surface area contributed by atoms with E-state index < -0.39 is 0 Å². The molecule has 0 aliphatic heterocycles. The van der Waals surface area contributed by atoms with Gasteiger partial charge in [0.1, 0.15) is 0 Å². The third-order valence-electron chi connectivity index (χ3n) is 4.00. The topological polar surface area (TPSA) is 76.0 Å². The molecule has 2 N–H and O–H groups in total. The highest BCUT2D eigenvalue weighted by Crippen LogP contribution is 2.18. The Morgan fingerprint density at radius 3 is 2.04 bits per heavy atom. The summed E-state index contributed by atoms with van der Waals surface area (Å²) in [6.07, 6.45) is 1.57. The highest BCUT2D eigenvalue weighted by Gasteiger charge is 2.15. The Morgan fingerprint density at radius 2 is 1.46 bits per heavy atom. The minimum absolute atomic E-state index is 0.138. The summed E-state index contributed by atoms with van der Waals surface area (Å²) in [6, 6.07) is 14.9. The fourth-order valence-electron chi connectivity index (χ4n) is 2.62. The summed E-state index contributed by atoms with van der Waals surface area (Å²) < 4.78 is 1.74. The molecule has 0 unspecified atom stereocenters. The summed E-state index contributed by atoms with van der Waals surface area (Å²) >= 11 is 0. The molecule has 0 atom stereocenters. The Kier molecular flexibility index (Phi) is 4.84. The number of benzene rings is 2. The van der Waals surface area contributed by atoms with Crippen LogP contribution in [0.5, 0.6) is 0 Å². The van der Waals surface area contributed by atoms with E-state index >= 15 is 0 Å². The van der Waals surface area contributed by atoms with Crippen molar-refractivity contribution in [1.29, 1.82) is 0 Å². The maximum atomic E-state index is 12.6. The van der Waals surface area contributed by atoms with Crippen LogP contribution in [0.15, 0.2) is 54.7 Å². The van der Waals surface area contributed by atoms with E-state index in [0.717, 1.165) is 11.4 Å². The minimum Gasteiger partial charge on any atom is -0.326 e. The van der Waals surface area contributed by atoms with E-state index in [0.29, 0.717) is 16.9 Å². The number of nitrogens with one attached hydrogen (secondary N) is 2. The summed E-state index contributed by atoms with van der Waals surface area (Å²) in [5, 5.41) is 9.87. The van der Waals surface area contributed by atoms with Crippen LogP contribution in [0.25, 0.3) is 5.69 Å². The first kappa shape index (κ1) is 17.4. The van der Waals surface area contributed by atoms with Crippen LogP contribution in [0.1, 0.15) is 28.5 Å². The smallest absolute Gasteiger partial charge is 0.259 e. The summed E-state index contributed by atoms with van der Waals surface area (Å²) in [5.74, 6) is -0.367. The van der Waals surface area contributed by atoms with Crippen molar-refractivity contribution in [3.05, 3.63) is 71.5 Å². The lowest BCUT2D eigenvalue weighted by molar-refractivity contribution is -0.114. The number of anilines is 2. The van der Waals surface area contributed by atoms with Crippen LogP contribution in [0.2, 0.25) is 0 Å². The van der Waals surface area contributed by atoms with E-state index in [2.05, 4.69) is 15.7 Å². The van der Waals surface area contributed by atoms with Gasteiger partial charge in [0, 0.05) is 18.3 Å². The highest BCUT2D eigenvalue weighted by molar-refractivity contribution is 6.05. The lowest BCUT2D eigenvalue weighted by Gasteiger charge is -2.08. The van der Waals surface area contributed by atoms with Gasteiger partial charge in [-0.2, -0.15) is 5.10 Å². The van der Waals surface area contributed by atoms with Crippen molar-refractivity contribution in [2.24, 2.45) is 0 Å². The number of hydrogen-bond donors (Lipinski definition) is 2. The fourth-order valence-corrected chi connectivity index (χ4v) is 2.62. The van der Waals surface area contributed by atoms with Gasteiger partial charge in [-0.3, -0.25) is 9.59 Å². The number of carbonyl (C=O) groups is 2. The Balaban J connectivity index is 1.76. The molecule has 6 heteroatoms. The summed E-state index contributed by atoms with van der Waals surface area (Å²) in [6.45, 7) is 5.33. The zero-order valence-electron chi connectivity index (χ0n) is 14.9. The molecule has 1 heterocycles. The van der Waals surface area contributed by atoms with Crippen LogP contribution in [-0.4, -0.2) is 21.6 Å². The predicted molar refractivity (Wildman–Crippen MR) is 102 cm³/mol. The van der Waals surface area contributed by atoms with Gasteiger partial charge < -0.3 is 10.6 Å². The van der Waals surface area contributed by atoms with Gasteiger partial charge >= 0.3 is 0 Å². The molecule has 1 aromatic heterocycles. The third kappa shape index (κ3) is 3.80. The van der Waals surface area contributed by atoms with Crippen molar-refractivity contribution in [1.82, 2.24) is 9.78 Å². The van der Waals surface area contributed by atoms with Crippen LogP contribution >= 0.6 is 0 Å². The first-order valence-corrected chi connectivity index (χ1v) is 8.25. The van der Waals surface area contributed by atoms with E-state index in [-0.39, 0.29) is 11.8 Å². The average molecular weight is 348 g/mol. The largest absolute Gasteiger partial charge is 0.326 e. The molecule has 2 aromatic carbocycles. The van der Waals surface area contributed by atoms with E-state index in [1.54, 1.807) is 35.1 Å². The lowest BCUT2D eigenvalue weighted by Crippen LogP contribution is -2.13. The summed E-state index contributed by atoms with van der Waals surface area (Å²) in [7, 11) is 0. The second-order valence-electron chi connectivity index (χ2n) is 6.10. The van der Waals surface area contributed by atoms with Crippen LogP contribution < -0.4 is 10.6 Å². The van der Waals surface area contributed by atoms with Gasteiger partial charge in [0.2, 0.25) is 5.91 Å². The SMILES string of the molecule is CC(=O)Nc1ccc(NC(=O)c2cnn(-c3ccc(C)cc3)c2C)cc1. The Bertz CT molecular complexity index is 941. The van der Waals surface area contributed by atoms with Crippen molar-refractivity contribution in [2.75, 3.05) is 10.6 Å². The van der Waals surface area contributed by atoms with Crippen molar-refractivity contribution in [3.63, 3.8) is 0 Å². The normalized spacial score (nSPS) is 10.4. The second-order valence-corrected chi connectivity index (χ2v) is 6.10. The number of amides is 2. The summed E-state index contributed by atoms with van der Waals surface area (Å²) in [4.78, 5) is 23.6. The molecule has 0 spiro atoms. The van der Waals surface area contributed by atoms with Crippen LogP contribution in [0.4, 0.5) is 11.4 Å². The van der Waals surface area contributed by atoms with E-state index in [4.69, 9.17) is 0 Å². The van der Waals surface area contributed by atoms with Crippen LogP contribution in [0, 0.1) is 13.8 Å². The number of aryl methyl sites for hydroxylation is 1. The van der Waals surface area contributed by atoms with Gasteiger partial charge in [0.25, 0.3) is 5.91 Å². The molecule has 132 valence electrons. The van der Waals surface area contributed by atoms with Gasteiger partial charge in [-0.25, -0.2) is 4.68 Å². The molecular formula is C20H20N4O2. The van der Waals surface area contributed by atoms with Crippen molar-refractivity contribution in [3.8, 4) is 5.69 Å². The van der Waals surface area contributed by atoms with Gasteiger partial charge in [-0.15, -0.1) is 0 Å². The molecule has 6 nitrogen and oxygen atoms in total. The predicted octanol–water partition coefficient (Wildman–Crippen LogP) is 3.70. The lowest BCUT2D eigenvalue weighted by atomic mass is 10.2. The Morgan fingerprint density at radius 1 is 0.885 bits per heavy atom.